The van der Waals surface area contributed by atoms with E-state index in [0.29, 0.717) is 0 Å². The molecule has 0 aromatic carbocycles. The van der Waals surface area contributed by atoms with Gasteiger partial charge in [-0.1, -0.05) is 11.6 Å². The zero-order chi connectivity index (χ0) is 9.02. The van der Waals surface area contributed by atoms with Crippen molar-refractivity contribution in [3.63, 3.8) is 0 Å². The van der Waals surface area contributed by atoms with Gasteiger partial charge in [0.15, 0.2) is 0 Å². The quantitative estimate of drug-likeness (QED) is 0.522. The van der Waals surface area contributed by atoms with Crippen molar-refractivity contribution in [3.8, 4) is 0 Å². The molecule has 0 aromatic rings. The average molecular weight is 199 g/mol. The molecular weight excluding hydrogens is 195 g/mol. The van der Waals surface area contributed by atoms with Gasteiger partial charge in [-0.05, 0) is 0 Å². The van der Waals surface area contributed by atoms with Gasteiger partial charge in [-0.3, -0.25) is 0 Å². The fourth-order valence-electron chi connectivity index (χ4n) is 0.339. The van der Waals surface area contributed by atoms with Gasteiger partial charge in [-0.25, -0.2) is 9.59 Å². The van der Waals surface area contributed by atoms with Gasteiger partial charge in [0.1, 0.15) is 5.03 Å². The number of hydrogen-bond acceptors (Lipinski definition) is 2. The molecule has 0 rings (SSSR count). The van der Waals surface area contributed by atoms with Crippen LogP contribution in [0.3, 0.4) is 0 Å². The molecule has 0 aliphatic carbocycles. The largest absolute Gasteiger partial charge is 0.478 e. The van der Waals surface area contributed by atoms with Gasteiger partial charge in [0.25, 0.3) is 0 Å². The van der Waals surface area contributed by atoms with Crippen LogP contribution in [0.5, 0.6) is 0 Å². The summed E-state index contributed by atoms with van der Waals surface area (Å²) >= 11 is 10.2. The Morgan fingerprint density at radius 1 is 1.18 bits per heavy atom. The summed E-state index contributed by atoms with van der Waals surface area (Å²) in [6.45, 7) is 0. The molecule has 0 aromatic heterocycles. The predicted molar refractivity (Wildman–Crippen MR) is 38.9 cm³/mol. The number of aliphatic carboxylic acids is 2. The van der Waals surface area contributed by atoms with Gasteiger partial charge in [-0.2, -0.15) is 0 Å². The molecule has 0 bridgehead atoms. The van der Waals surface area contributed by atoms with Crippen molar-refractivity contribution in [3.05, 3.63) is 10.6 Å². The molecule has 0 atom stereocenters. The molecule has 0 radical (unpaired) electrons. The van der Waals surface area contributed by atoms with Gasteiger partial charge >= 0.3 is 11.9 Å². The third-order valence-corrected chi connectivity index (χ3v) is 1.50. The Balaban J connectivity index is 4.83. The van der Waals surface area contributed by atoms with Gasteiger partial charge in [-0.15, -0.1) is 11.6 Å². The number of rotatable bonds is 3. The molecule has 2 N–H and O–H groups in total. The first-order chi connectivity index (χ1) is 5.00. The zero-order valence-electron chi connectivity index (χ0n) is 5.17. The van der Waals surface area contributed by atoms with Crippen LogP contribution in [0.25, 0.3) is 0 Å². The standard InChI is InChI=1S/C5H4Cl2O4/c6-1-2(4(8)9)3(7)5(10)11/h1H2,(H,8,9)(H,10,11). The summed E-state index contributed by atoms with van der Waals surface area (Å²) in [5.74, 6) is -3.35. The fraction of sp³-hybridized carbons (Fsp3) is 0.200. The van der Waals surface area contributed by atoms with Crippen LogP contribution >= 0.6 is 23.2 Å². The molecule has 0 aliphatic rings. The van der Waals surface area contributed by atoms with E-state index in [4.69, 9.17) is 33.4 Å². The Hall–Kier alpha value is -0.740. The molecule has 0 saturated heterocycles. The SMILES string of the molecule is O=C(O)C(Cl)=C(CCl)C(=O)O. The summed E-state index contributed by atoms with van der Waals surface area (Å²) in [4.78, 5) is 20.3. The Morgan fingerprint density at radius 2 is 1.64 bits per heavy atom. The summed E-state index contributed by atoms with van der Waals surface area (Å²) in [6.07, 6.45) is 0. The smallest absolute Gasteiger partial charge is 0.347 e. The third kappa shape index (κ3) is 2.78. The monoisotopic (exact) mass is 198 g/mol. The second-order valence-corrected chi connectivity index (χ2v) is 2.18. The molecule has 0 spiro atoms. The average Bonchev–Trinajstić information content (AvgIpc) is 1.88. The van der Waals surface area contributed by atoms with Crippen molar-refractivity contribution in [2.45, 2.75) is 0 Å². The molecule has 11 heavy (non-hydrogen) atoms. The molecule has 0 heterocycles. The number of hydrogen-bond donors (Lipinski definition) is 2. The predicted octanol–water partition coefficient (Wildman–Crippen LogP) is 0.887. The lowest BCUT2D eigenvalue weighted by molar-refractivity contribution is -0.135. The van der Waals surface area contributed by atoms with E-state index in [1.807, 2.05) is 0 Å². The van der Waals surface area contributed by atoms with Crippen molar-refractivity contribution < 1.29 is 19.8 Å². The maximum absolute atomic E-state index is 10.2. The maximum Gasteiger partial charge on any atom is 0.347 e. The van der Waals surface area contributed by atoms with Crippen LogP contribution in [0.2, 0.25) is 0 Å². The summed E-state index contributed by atoms with van der Waals surface area (Å²) < 4.78 is 0. The van der Waals surface area contributed by atoms with E-state index >= 15 is 0 Å². The van der Waals surface area contributed by atoms with Gasteiger partial charge in [0.05, 0.1) is 11.5 Å². The summed E-state index contributed by atoms with van der Waals surface area (Å²) in [5.41, 5.74) is -0.513. The number of carbonyl (C=O) groups is 2. The second kappa shape index (κ2) is 4.20. The molecule has 0 unspecified atom stereocenters. The third-order valence-electron chi connectivity index (χ3n) is 0.845. The topological polar surface area (TPSA) is 74.6 Å². The summed E-state index contributed by atoms with van der Waals surface area (Å²) in [6, 6.07) is 0. The molecule has 4 nitrogen and oxygen atoms in total. The highest BCUT2D eigenvalue weighted by molar-refractivity contribution is 6.43. The Labute approximate surface area is 72.0 Å². The van der Waals surface area contributed by atoms with E-state index in [9.17, 15) is 9.59 Å². The van der Waals surface area contributed by atoms with Crippen LogP contribution in [0.1, 0.15) is 0 Å². The number of carboxylic acid groups (broad SMARTS) is 2. The highest BCUT2D eigenvalue weighted by atomic mass is 35.5. The van der Waals surface area contributed by atoms with E-state index in [1.54, 1.807) is 0 Å². The minimum Gasteiger partial charge on any atom is -0.478 e. The Morgan fingerprint density at radius 3 is 1.73 bits per heavy atom. The number of carboxylic acids is 2. The molecule has 0 aliphatic heterocycles. The maximum atomic E-state index is 10.2. The minimum absolute atomic E-state index is 0.430. The van der Waals surface area contributed by atoms with Gasteiger partial charge < -0.3 is 10.2 Å². The first kappa shape index (κ1) is 10.3. The van der Waals surface area contributed by atoms with Crippen LogP contribution in [-0.4, -0.2) is 28.0 Å². The van der Waals surface area contributed by atoms with E-state index in [0.717, 1.165) is 0 Å². The highest BCUT2D eigenvalue weighted by Crippen LogP contribution is 2.11. The zero-order valence-corrected chi connectivity index (χ0v) is 6.69. The van der Waals surface area contributed by atoms with Crippen LogP contribution in [0, 0.1) is 0 Å². The van der Waals surface area contributed by atoms with Crippen molar-refractivity contribution >= 4 is 35.1 Å². The first-order valence-corrected chi connectivity index (χ1v) is 3.33. The molecule has 0 amide bonds. The molecule has 0 saturated carbocycles. The van der Waals surface area contributed by atoms with Crippen LogP contribution < -0.4 is 0 Å². The molecule has 62 valence electrons. The van der Waals surface area contributed by atoms with E-state index in [2.05, 4.69) is 0 Å². The van der Waals surface area contributed by atoms with Crippen molar-refractivity contribution in [1.29, 1.82) is 0 Å². The van der Waals surface area contributed by atoms with E-state index < -0.39 is 28.4 Å². The van der Waals surface area contributed by atoms with E-state index in [1.165, 1.54) is 0 Å². The van der Waals surface area contributed by atoms with Crippen molar-refractivity contribution in [1.82, 2.24) is 0 Å². The van der Waals surface area contributed by atoms with Crippen molar-refractivity contribution in [2.24, 2.45) is 0 Å². The first-order valence-electron chi connectivity index (χ1n) is 2.42. The fourth-order valence-corrected chi connectivity index (χ4v) is 0.803. The number of halogens is 2. The van der Waals surface area contributed by atoms with E-state index in [-0.39, 0.29) is 0 Å². The van der Waals surface area contributed by atoms with Crippen molar-refractivity contribution in [2.75, 3.05) is 5.88 Å². The van der Waals surface area contributed by atoms with Gasteiger partial charge in [0.2, 0.25) is 0 Å². The lowest BCUT2D eigenvalue weighted by Gasteiger charge is -1.96. The summed E-state index contributed by atoms with van der Waals surface area (Å²) in [7, 11) is 0. The van der Waals surface area contributed by atoms with Crippen LogP contribution in [0.15, 0.2) is 10.6 Å². The molecule has 6 heteroatoms. The second-order valence-electron chi connectivity index (χ2n) is 1.54. The van der Waals surface area contributed by atoms with Crippen LogP contribution in [-0.2, 0) is 9.59 Å². The van der Waals surface area contributed by atoms with Crippen LogP contribution in [0.4, 0.5) is 0 Å². The Kier molecular flexibility index (Phi) is 3.92. The highest BCUT2D eigenvalue weighted by Gasteiger charge is 2.16. The molecular formula is C5H4Cl2O4. The summed E-state index contributed by atoms with van der Waals surface area (Å²) in [5, 5.41) is 15.8. The lowest BCUT2D eigenvalue weighted by atomic mass is 10.3. The Bertz CT molecular complexity index is 221. The normalized spacial score (nSPS) is 12.2. The number of alkyl halides is 1. The minimum atomic E-state index is -1.50. The molecule has 0 fully saturated rings. The lowest BCUT2D eigenvalue weighted by Crippen LogP contribution is -2.08. The van der Waals surface area contributed by atoms with Gasteiger partial charge in [0, 0.05) is 0 Å².